The van der Waals surface area contributed by atoms with Gasteiger partial charge in [0.05, 0.1) is 6.61 Å². The zero-order valence-corrected chi connectivity index (χ0v) is 16.1. The summed E-state index contributed by atoms with van der Waals surface area (Å²) in [7, 11) is 0. The molecule has 3 aromatic rings. The molecular weight excluding hydrogens is 350 g/mol. The van der Waals surface area contributed by atoms with Crippen molar-refractivity contribution >= 4 is 11.6 Å². The van der Waals surface area contributed by atoms with Gasteiger partial charge in [0, 0.05) is 17.3 Å². The van der Waals surface area contributed by atoms with Gasteiger partial charge in [0.2, 0.25) is 0 Å². The number of hydrogen-bond acceptors (Lipinski definition) is 3. The monoisotopic (exact) mass is 375 g/mol. The summed E-state index contributed by atoms with van der Waals surface area (Å²) in [4.78, 5) is 12.5. The highest BCUT2D eigenvalue weighted by molar-refractivity contribution is 6.04. The predicted octanol–water partition coefficient (Wildman–Crippen LogP) is 5.70. The van der Waals surface area contributed by atoms with E-state index in [1.165, 1.54) is 0 Å². The van der Waals surface area contributed by atoms with Crippen molar-refractivity contribution in [2.45, 2.75) is 26.4 Å². The third-order valence-electron chi connectivity index (χ3n) is 4.22. The van der Waals surface area contributed by atoms with E-state index < -0.39 is 0 Å². The molecule has 0 unspecified atom stereocenters. The number of anilines is 1. The molecule has 3 aromatic carbocycles. The third kappa shape index (κ3) is 5.88. The lowest BCUT2D eigenvalue weighted by Gasteiger charge is -2.10. The first-order valence-corrected chi connectivity index (χ1v) is 9.55. The normalized spacial score (nSPS) is 10.3. The molecule has 0 aliphatic heterocycles. The lowest BCUT2D eigenvalue weighted by atomic mass is 10.2. The van der Waals surface area contributed by atoms with E-state index in [1.807, 2.05) is 66.7 Å². The van der Waals surface area contributed by atoms with Gasteiger partial charge in [-0.1, -0.05) is 49.7 Å². The van der Waals surface area contributed by atoms with E-state index in [-0.39, 0.29) is 5.91 Å². The predicted molar refractivity (Wildman–Crippen MR) is 112 cm³/mol. The first-order chi connectivity index (χ1) is 13.7. The molecule has 4 heteroatoms. The lowest BCUT2D eigenvalue weighted by molar-refractivity contribution is 0.102. The van der Waals surface area contributed by atoms with Crippen molar-refractivity contribution in [2.24, 2.45) is 0 Å². The van der Waals surface area contributed by atoms with Crippen LogP contribution in [0, 0.1) is 0 Å². The van der Waals surface area contributed by atoms with Crippen molar-refractivity contribution in [3.8, 4) is 11.5 Å². The van der Waals surface area contributed by atoms with Crippen LogP contribution < -0.4 is 14.8 Å². The van der Waals surface area contributed by atoms with Gasteiger partial charge in [0.1, 0.15) is 18.1 Å². The summed E-state index contributed by atoms with van der Waals surface area (Å²) in [5.41, 5.74) is 2.37. The Hall–Kier alpha value is -3.27. The van der Waals surface area contributed by atoms with E-state index in [4.69, 9.17) is 9.47 Å². The highest BCUT2D eigenvalue weighted by Gasteiger charge is 2.07. The van der Waals surface area contributed by atoms with Crippen LogP contribution in [0.1, 0.15) is 35.7 Å². The second-order valence-electron chi connectivity index (χ2n) is 6.48. The summed E-state index contributed by atoms with van der Waals surface area (Å²) < 4.78 is 11.4. The van der Waals surface area contributed by atoms with Gasteiger partial charge in [-0.25, -0.2) is 0 Å². The molecule has 3 rings (SSSR count). The summed E-state index contributed by atoms with van der Waals surface area (Å²) in [6.45, 7) is 3.30. The number of nitrogens with one attached hydrogen (secondary N) is 1. The zero-order valence-electron chi connectivity index (χ0n) is 16.1. The van der Waals surface area contributed by atoms with Crippen molar-refractivity contribution in [3.63, 3.8) is 0 Å². The van der Waals surface area contributed by atoms with Crippen molar-refractivity contribution in [3.05, 3.63) is 90.0 Å². The molecule has 0 aliphatic rings. The van der Waals surface area contributed by atoms with Gasteiger partial charge >= 0.3 is 0 Å². The van der Waals surface area contributed by atoms with E-state index in [0.717, 1.165) is 24.2 Å². The molecule has 0 aliphatic carbocycles. The molecule has 0 saturated carbocycles. The Bertz CT molecular complexity index is 876. The van der Waals surface area contributed by atoms with Crippen LogP contribution in [0.2, 0.25) is 0 Å². The Morgan fingerprint density at radius 1 is 0.857 bits per heavy atom. The van der Waals surface area contributed by atoms with E-state index >= 15 is 0 Å². The molecule has 0 radical (unpaired) electrons. The first-order valence-electron chi connectivity index (χ1n) is 9.55. The number of hydrogen-bond donors (Lipinski definition) is 1. The van der Waals surface area contributed by atoms with Gasteiger partial charge in [-0.3, -0.25) is 4.79 Å². The van der Waals surface area contributed by atoms with Crippen molar-refractivity contribution in [2.75, 3.05) is 11.9 Å². The molecule has 1 N–H and O–H groups in total. The largest absolute Gasteiger partial charge is 0.494 e. The SMILES string of the molecule is CCCCOc1ccc(C(=O)Nc2cccc(OCc3ccccc3)c2)cc1. The molecule has 1 amide bonds. The number of benzene rings is 3. The lowest BCUT2D eigenvalue weighted by Crippen LogP contribution is -2.11. The average Bonchev–Trinajstić information content (AvgIpc) is 2.74. The molecule has 0 fully saturated rings. The Morgan fingerprint density at radius 2 is 1.64 bits per heavy atom. The number of carbonyl (C=O) groups excluding carboxylic acids is 1. The zero-order chi connectivity index (χ0) is 19.6. The topological polar surface area (TPSA) is 47.6 Å². The van der Waals surface area contributed by atoms with E-state index in [1.54, 1.807) is 12.1 Å². The van der Waals surface area contributed by atoms with Gasteiger partial charge in [-0.2, -0.15) is 0 Å². The summed E-state index contributed by atoms with van der Waals surface area (Å²) in [5.74, 6) is 1.32. The Kier molecular flexibility index (Phi) is 7.08. The third-order valence-corrected chi connectivity index (χ3v) is 4.22. The van der Waals surface area contributed by atoms with Crippen LogP contribution in [0.25, 0.3) is 0 Å². The molecule has 4 nitrogen and oxygen atoms in total. The van der Waals surface area contributed by atoms with Gasteiger partial charge in [0.15, 0.2) is 0 Å². The number of ether oxygens (including phenoxy) is 2. The Morgan fingerprint density at radius 3 is 2.39 bits per heavy atom. The summed E-state index contributed by atoms with van der Waals surface area (Å²) in [6, 6.07) is 24.6. The molecule has 0 atom stereocenters. The van der Waals surface area contributed by atoms with Crippen LogP contribution >= 0.6 is 0 Å². The molecular formula is C24H25NO3. The minimum atomic E-state index is -0.166. The molecule has 0 bridgehead atoms. The number of rotatable bonds is 9. The number of carbonyl (C=O) groups is 1. The fourth-order valence-corrected chi connectivity index (χ4v) is 2.64. The molecule has 0 aromatic heterocycles. The average molecular weight is 375 g/mol. The molecule has 0 spiro atoms. The molecule has 0 heterocycles. The van der Waals surface area contributed by atoms with Crippen LogP contribution in [0.4, 0.5) is 5.69 Å². The van der Waals surface area contributed by atoms with Crippen LogP contribution in [0.15, 0.2) is 78.9 Å². The summed E-state index contributed by atoms with van der Waals surface area (Å²) >= 11 is 0. The van der Waals surface area contributed by atoms with Crippen LogP contribution in [0.3, 0.4) is 0 Å². The Balaban J connectivity index is 1.56. The van der Waals surface area contributed by atoms with Crippen LogP contribution in [0.5, 0.6) is 11.5 Å². The van der Waals surface area contributed by atoms with Crippen molar-refractivity contribution < 1.29 is 14.3 Å². The second-order valence-corrected chi connectivity index (χ2v) is 6.48. The van der Waals surface area contributed by atoms with Crippen LogP contribution in [-0.2, 0) is 6.61 Å². The first kappa shape index (κ1) is 19.5. The minimum absolute atomic E-state index is 0.166. The maximum absolute atomic E-state index is 12.5. The van der Waals surface area contributed by atoms with Gasteiger partial charge < -0.3 is 14.8 Å². The maximum atomic E-state index is 12.5. The summed E-state index contributed by atoms with van der Waals surface area (Å²) in [5, 5.41) is 2.91. The fraction of sp³-hybridized carbons (Fsp3) is 0.208. The smallest absolute Gasteiger partial charge is 0.255 e. The number of amides is 1. The van der Waals surface area contributed by atoms with Gasteiger partial charge in [-0.05, 0) is 48.4 Å². The standard InChI is InChI=1S/C24H25NO3/c1-2-3-16-27-22-14-12-20(13-15-22)24(26)25-21-10-7-11-23(17-21)28-18-19-8-5-4-6-9-19/h4-15,17H,2-3,16,18H2,1H3,(H,25,26). The van der Waals surface area contributed by atoms with Gasteiger partial charge in [-0.15, -0.1) is 0 Å². The molecule has 144 valence electrons. The van der Waals surface area contributed by atoms with E-state index in [9.17, 15) is 4.79 Å². The molecule has 0 saturated heterocycles. The quantitative estimate of drug-likeness (QED) is 0.488. The van der Waals surface area contributed by atoms with Crippen molar-refractivity contribution in [1.82, 2.24) is 0 Å². The maximum Gasteiger partial charge on any atom is 0.255 e. The van der Waals surface area contributed by atoms with Crippen LogP contribution in [-0.4, -0.2) is 12.5 Å². The molecule has 28 heavy (non-hydrogen) atoms. The highest BCUT2D eigenvalue weighted by atomic mass is 16.5. The second kappa shape index (κ2) is 10.2. The van der Waals surface area contributed by atoms with E-state index in [2.05, 4.69) is 12.2 Å². The summed E-state index contributed by atoms with van der Waals surface area (Å²) in [6.07, 6.45) is 2.11. The fourth-order valence-electron chi connectivity index (χ4n) is 2.64. The highest BCUT2D eigenvalue weighted by Crippen LogP contribution is 2.20. The minimum Gasteiger partial charge on any atom is -0.494 e. The van der Waals surface area contributed by atoms with Crippen molar-refractivity contribution in [1.29, 1.82) is 0 Å². The van der Waals surface area contributed by atoms with E-state index in [0.29, 0.717) is 30.2 Å². The van der Waals surface area contributed by atoms with Gasteiger partial charge in [0.25, 0.3) is 5.91 Å². The number of unbranched alkanes of at least 4 members (excludes halogenated alkanes) is 1. The Labute approximate surface area is 166 Å².